The Morgan fingerprint density at radius 2 is 1.53 bits per heavy atom. The molecule has 0 aliphatic carbocycles. The second-order valence-corrected chi connectivity index (χ2v) is 14.3. The number of rotatable bonds is 16. The van der Waals surface area contributed by atoms with Gasteiger partial charge in [0.1, 0.15) is 24.0 Å². The zero-order chi connectivity index (χ0) is 37.5. The number of aliphatic hydroxyl groups is 2. The molecule has 24 heteroatoms. The average Bonchev–Trinajstić information content (AvgIpc) is 3.57. The number of para-hydroxylation sites is 1. The molecular weight excluding hydrogens is 732 g/mol. The van der Waals surface area contributed by atoms with Crippen molar-refractivity contribution in [1.29, 1.82) is 0 Å². The lowest BCUT2D eigenvalue weighted by Gasteiger charge is -2.21. The third-order valence-corrected chi connectivity index (χ3v) is 9.46. The number of nitrogens with zero attached hydrogens (tertiary/aromatic N) is 3. The van der Waals surface area contributed by atoms with Gasteiger partial charge in [-0.3, -0.25) is 18.5 Å². The van der Waals surface area contributed by atoms with Crippen LogP contribution in [0, 0.1) is 0 Å². The molecule has 0 bridgehead atoms. The summed E-state index contributed by atoms with van der Waals surface area (Å²) in [6.07, 6.45) is -9.71. The molecule has 1 aliphatic heterocycles. The summed E-state index contributed by atoms with van der Waals surface area (Å²) >= 11 is 0. The monoisotopic (exact) mass is 767 g/mol. The molecular formula is C27H35N3O19P2. The van der Waals surface area contributed by atoms with Crippen LogP contribution in [0.3, 0.4) is 0 Å². The van der Waals surface area contributed by atoms with E-state index in [9.17, 15) is 43.4 Å². The van der Waals surface area contributed by atoms with Crippen LogP contribution < -0.4 is 11.2 Å². The minimum absolute atomic E-state index is 0.259. The molecule has 3 aromatic rings. The molecule has 5 atom stereocenters. The van der Waals surface area contributed by atoms with E-state index in [2.05, 4.69) is 18.9 Å². The first-order chi connectivity index (χ1) is 24.0. The molecule has 3 heterocycles. The predicted molar refractivity (Wildman–Crippen MR) is 166 cm³/mol. The maximum atomic E-state index is 13.4. The van der Waals surface area contributed by atoms with Gasteiger partial charge >= 0.3 is 33.6 Å². The maximum absolute atomic E-state index is 13.4. The highest BCUT2D eigenvalue weighted by molar-refractivity contribution is 7.61. The van der Waals surface area contributed by atoms with Crippen LogP contribution in [-0.4, -0.2) is 92.4 Å². The van der Waals surface area contributed by atoms with Crippen LogP contribution in [0.5, 0.6) is 0 Å². The number of aromatic nitrogens is 3. The Labute approximate surface area is 287 Å². The van der Waals surface area contributed by atoms with Crippen molar-refractivity contribution in [1.82, 2.24) is 14.3 Å². The van der Waals surface area contributed by atoms with Gasteiger partial charge in [-0.15, -0.1) is 0 Å². The highest BCUT2D eigenvalue weighted by Gasteiger charge is 2.47. The standard InChI is InChI=1S/C27H35N3O19P2/c1-15(2)45-26(35)40-13-43-51(39,44-14-41-27(36)46-16(3)4)49-50(37,38)42-12-20-22(32)23(33)24(47-20)29-10-9-21(31)30(25(29)34)11-18-17-7-5-6-8-19(17)48-28-18/h5-10,15-16,20,22-24,32-33H,11-14H2,1-4H3,(H,37,38)/t20-,22-,23-,24-/m1/s1. The Bertz CT molecular complexity index is 1860. The first-order valence-electron chi connectivity index (χ1n) is 14.9. The molecule has 0 amide bonds. The van der Waals surface area contributed by atoms with Gasteiger partial charge in [0.2, 0.25) is 13.6 Å². The Morgan fingerprint density at radius 1 is 0.922 bits per heavy atom. The fourth-order valence-electron chi connectivity index (χ4n) is 4.30. The van der Waals surface area contributed by atoms with Gasteiger partial charge in [0.05, 0.1) is 25.4 Å². The van der Waals surface area contributed by atoms with Gasteiger partial charge in [0.15, 0.2) is 11.8 Å². The maximum Gasteiger partial charge on any atom is 0.510 e. The van der Waals surface area contributed by atoms with E-state index >= 15 is 0 Å². The van der Waals surface area contributed by atoms with Gasteiger partial charge in [-0.25, -0.2) is 32.6 Å². The fraction of sp³-hybridized carbons (Fsp3) is 0.519. The lowest BCUT2D eigenvalue weighted by molar-refractivity contribution is -0.0565. The largest absolute Gasteiger partial charge is 0.510 e. The summed E-state index contributed by atoms with van der Waals surface area (Å²) in [7, 11) is -10.8. The van der Waals surface area contributed by atoms with Crippen LogP contribution >= 0.6 is 15.6 Å². The Balaban J connectivity index is 1.43. The van der Waals surface area contributed by atoms with Crippen molar-refractivity contribution in [2.24, 2.45) is 0 Å². The molecule has 4 rings (SSSR count). The Kier molecular flexibility index (Phi) is 13.3. The van der Waals surface area contributed by atoms with Crippen molar-refractivity contribution in [2.45, 2.75) is 71.0 Å². The average molecular weight is 768 g/mol. The van der Waals surface area contributed by atoms with Crippen LogP contribution in [-0.2, 0) is 57.2 Å². The summed E-state index contributed by atoms with van der Waals surface area (Å²) in [5, 5.41) is 25.8. The van der Waals surface area contributed by atoms with Gasteiger partial charge in [0.25, 0.3) is 5.56 Å². The van der Waals surface area contributed by atoms with Crippen LogP contribution in [0.1, 0.15) is 39.6 Å². The highest BCUT2D eigenvalue weighted by atomic mass is 31.3. The molecule has 1 fully saturated rings. The molecule has 2 aromatic heterocycles. The molecule has 282 valence electrons. The van der Waals surface area contributed by atoms with E-state index in [4.69, 9.17) is 32.3 Å². The lowest BCUT2D eigenvalue weighted by Crippen LogP contribution is -2.43. The zero-order valence-electron chi connectivity index (χ0n) is 27.4. The van der Waals surface area contributed by atoms with E-state index < -0.39 is 96.1 Å². The van der Waals surface area contributed by atoms with Crippen molar-refractivity contribution in [3.8, 4) is 0 Å². The number of hydrogen-bond donors (Lipinski definition) is 3. The minimum atomic E-state index is -5.51. The van der Waals surface area contributed by atoms with E-state index in [1.54, 1.807) is 24.3 Å². The first kappa shape index (κ1) is 39.8. The zero-order valence-corrected chi connectivity index (χ0v) is 29.2. The Hall–Kier alpha value is -3.95. The summed E-state index contributed by atoms with van der Waals surface area (Å²) in [6, 6.07) is 7.73. The Morgan fingerprint density at radius 3 is 2.14 bits per heavy atom. The van der Waals surface area contributed by atoms with Crippen LogP contribution in [0.25, 0.3) is 11.0 Å². The van der Waals surface area contributed by atoms with E-state index in [-0.39, 0.29) is 12.2 Å². The molecule has 1 aromatic carbocycles. The second kappa shape index (κ2) is 17.0. The molecule has 3 N–H and O–H groups in total. The summed E-state index contributed by atoms with van der Waals surface area (Å²) in [4.78, 5) is 59.6. The third-order valence-electron chi connectivity index (χ3n) is 6.51. The number of phosphoric ester groups is 2. The molecule has 0 spiro atoms. The van der Waals surface area contributed by atoms with Gasteiger partial charge in [-0.2, -0.15) is 4.31 Å². The molecule has 22 nitrogen and oxygen atoms in total. The molecule has 1 saturated heterocycles. The molecule has 51 heavy (non-hydrogen) atoms. The first-order valence-corrected chi connectivity index (χ1v) is 17.9. The number of fused-ring (bicyclic) bond motifs is 1. The molecule has 0 saturated carbocycles. The number of aliphatic hydroxyl groups excluding tert-OH is 2. The van der Waals surface area contributed by atoms with Gasteiger partial charge < -0.3 is 43.3 Å². The van der Waals surface area contributed by atoms with Crippen molar-refractivity contribution < 1.29 is 79.9 Å². The molecule has 1 aliphatic rings. The molecule has 0 radical (unpaired) electrons. The fourth-order valence-corrected chi connectivity index (χ4v) is 6.65. The van der Waals surface area contributed by atoms with Crippen LogP contribution in [0.15, 0.2) is 50.6 Å². The summed E-state index contributed by atoms with van der Waals surface area (Å²) < 4.78 is 75.5. The van der Waals surface area contributed by atoms with E-state index in [0.29, 0.717) is 11.0 Å². The van der Waals surface area contributed by atoms with Crippen molar-refractivity contribution in [3.05, 3.63) is 63.1 Å². The van der Waals surface area contributed by atoms with Gasteiger partial charge in [0, 0.05) is 17.6 Å². The van der Waals surface area contributed by atoms with Crippen molar-refractivity contribution in [2.75, 3.05) is 20.2 Å². The normalized spacial score (nSPS) is 20.4. The number of phosphoric acid groups is 2. The van der Waals surface area contributed by atoms with Crippen molar-refractivity contribution in [3.63, 3.8) is 0 Å². The van der Waals surface area contributed by atoms with Gasteiger partial charge in [-0.05, 0) is 39.8 Å². The second-order valence-electron chi connectivity index (χ2n) is 11.0. The SMILES string of the molecule is CC(C)OC(=O)OCOP(=O)(OCOC(=O)OC(C)C)OP(=O)(O)OC[C@H]1O[C@@H](n2ccc(=O)n(Cc3noc4ccccc34)c2=O)[C@H](O)[C@@H]1O. The predicted octanol–water partition coefficient (Wildman–Crippen LogP) is 2.13. The highest BCUT2D eigenvalue weighted by Crippen LogP contribution is 2.63. The number of hydrogen-bond acceptors (Lipinski definition) is 19. The molecule has 1 unspecified atom stereocenters. The third kappa shape index (κ3) is 10.8. The van der Waals surface area contributed by atoms with E-state index in [1.165, 1.54) is 27.7 Å². The number of carbonyl (C=O) groups excluding carboxylic acids is 2. The van der Waals surface area contributed by atoms with Crippen LogP contribution in [0.2, 0.25) is 0 Å². The summed E-state index contributed by atoms with van der Waals surface area (Å²) in [5.41, 5.74) is -1.03. The van der Waals surface area contributed by atoms with Gasteiger partial charge in [-0.1, -0.05) is 17.3 Å². The quantitative estimate of drug-likeness (QED) is 0.107. The lowest BCUT2D eigenvalue weighted by atomic mass is 10.1. The number of benzene rings is 1. The minimum Gasteiger partial charge on any atom is -0.432 e. The number of carbonyl (C=O) groups is 2. The van der Waals surface area contributed by atoms with Crippen LogP contribution in [0.4, 0.5) is 9.59 Å². The smallest absolute Gasteiger partial charge is 0.432 e. The topological polar surface area (TPSA) is 282 Å². The van der Waals surface area contributed by atoms with E-state index in [1.807, 2.05) is 0 Å². The van der Waals surface area contributed by atoms with E-state index in [0.717, 1.165) is 21.4 Å². The van der Waals surface area contributed by atoms with Crippen molar-refractivity contribution >= 4 is 38.9 Å². The summed E-state index contributed by atoms with van der Waals surface area (Å²) in [6.45, 7) is 2.22. The summed E-state index contributed by atoms with van der Waals surface area (Å²) in [5.74, 6) is 0. The number of ether oxygens (including phenoxy) is 5.